The Kier molecular flexibility index (Phi) is 3.97. The number of methoxy groups -OCH3 is 1. The minimum absolute atomic E-state index is 0.305. The number of benzene rings is 1. The second kappa shape index (κ2) is 5.32. The summed E-state index contributed by atoms with van der Waals surface area (Å²) in [4.78, 5) is 0.305. The fraction of sp³-hybridized carbons (Fsp3) is 0.333. The van der Waals surface area contributed by atoms with Crippen LogP contribution in [-0.4, -0.2) is 31.7 Å². The van der Waals surface area contributed by atoms with E-state index >= 15 is 0 Å². The molecule has 1 aliphatic heterocycles. The Morgan fingerprint density at radius 2 is 2.06 bits per heavy atom. The maximum Gasteiger partial charge on any atom is 0.264 e. The van der Waals surface area contributed by atoms with Gasteiger partial charge >= 0.3 is 0 Å². The molecule has 1 heterocycles. The molecule has 0 saturated carbocycles. The Morgan fingerprint density at radius 1 is 1.33 bits per heavy atom. The second-order valence-corrected chi connectivity index (χ2v) is 6.50. The molecule has 2 rings (SSSR count). The number of sulfonamides is 1. The van der Waals surface area contributed by atoms with Gasteiger partial charge < -0.3 is 4.74 Å². The van der Waals surface area contributed by atoms with Gasteiger partial charge in [0.25, 0.3) is 10.0 Å². The standard InChI is InChI=1S/C12H14BrNO3S/c1-17-11-9-14(8-4-7-13)18(15,16)12-6-3-2-5-10(11)12/h2-3,5-6,9H,4,7-8H2,1H3. The minimum Gasteiger partial charge on any atom is -0.495 e. The molecule has 1 aliphatic rings. The summed E-state index contributed by atoms with van der Waals surface area (Å²) in [5.74, 6) is 0.579. The highest BCUT2D eigenvalue weighted by Crippen LogP contribution is 2.32. The average Bonchev–Trinajstić information content (AvgIpc) is 2.38. The number of fused-ring (bicyclic) bond motifs is 1. The Morgan fingerprint density at radius 3 is 2.72 bits per heavy atom. The van der Waals surface area contributed by atoms with Gasteiger partial charge in [-0.1, -0.05) is 28.1 Å². The summed E-state index contributed by atoms with van der Waals surface area (Å²) >= 11 is 3.30. The molecule has 0 fully saturated rings. The van der Waals surface area contributed by atoms with E-state index in [4.69, 9.17) is 4.74 Å². The van der Waals surface area contributed by atoms with E-state index in [1.807, 2.05) is 0 Å². The Bertz CT molecular complexity index is 568. The van der Waals surface area contributed by atoms with Gasteiger partial charge in [0, 0.05) is 17.4 Å². The molecule has 0 radical (unpaired) electrons. The fourth-order valence-electron chi connectivity index (χ4n) is 1.85. The van der Waals surface area contributed by atoms with Crippen LogP contribution in [0.5, 0.6) is 0 Å². The largest absolute Gasteiger partial charge is 0.495 e. The van der Waals surface area contributed by atoms with E-state index in [-0.39, 0.29) is 0 Å². The van der Waals surface area contributed by atoms with Crippen LogP contribution in [0.15, 0.2) is 35.4 Å². The Hall–Kier alpha value is -1.01. The highest BCUT2D eigenvalue weighted by Gasteiger charge is 2.30. The van der Waals surface area contributed by atoms with Crippen LogP contribution < -0.4 is 0 Å². The van der Waals surface area contributed by atoms with Crippen LogP contribution in [0.4, 0.5) is 0 Å². The first kappa shape index (κ1) is 13.4. The first-order chi connectivity index (χ1) is 8.61. The van der Waals surface area contributed by atoms with Gasteiger partial charge in [-0.05, 0) is 18.6 Å². The van der Waals surface area contributed by atoms with Gasteiger partial charge in [0.15, 0.2) is 0 Å². The van der Waals surface area contributed by atoms with Crippen molar-refractivity contribution in [2.45, 2.75) is 11.3 Å². The molecular formula is C12H14BrNO3S. The SMILES string of the molecule is COC1=CN(CCCBr)S(=O)(=O)c2ccccc21. The quantitative estimate of drug-likeness (QED) is 0.796. The number of hydrogen-bond donors (Lipinski definition) is 0. The molecule has 0 saturated heterocycles. The van der Waals surface area contributed by atoms with Crippen LogP contribution >= 0.6 is 15.9 Å². The number of rotatable bonds is 4. The predicted molar refractivity (Wildman–Crippen MR) is 73.7 cm³/mol. The lowest BCUT2D eigenvalue weighted by Gasteiger charge is -2.27. The van der Waals surface area contributed by atoms with Crippen molar-refractivity contribution in [1.82, 2.24) is 4.31 Å². The van der Waals surface area contributed by atoms with E-state index in [2.05, 4.69) is 15.9 Å². The minimum atomic E-state index is -3.44. The second-order valence-electron chi connectivity index (χ2n) is 3.85. The van der Waals surface area contributed by atoms with Gasteiger partial charge in [0.1, 0.15) is 5.76 Å². The first-order valence-electron chi connectivity index (χ1n) is 5.54. The molecule has 0 aromatic heterocycles. The third-order valence-corrected chi connectivity index (χ3v) is 5.11. The molecule has 6 heteroatoms. The van der Waals surface area contributed by atoms with Gasteiger partial charge in [0.2, 0.25) is 0 Å². The lowest BCUT2D eigenvalue weighted by Crippen LogP contribution is -2.31. The number of alkyl halides is 1. The zero-order valence-electron chi connectivity index (χ0n) is 9.97. The Labute approximate surface area is 115 Å². The van der Waals surface area contributed by atoms with E-state index in [1.165, 1.54) is 4.31 Å². The van der Waals surface area contributed by atoms with Crippen molar-refractivity contribution >= 4 is 31.7 Å². The van der Waals surface area contributed by atoms with E-state index in [0.717, 1.165) is 11.8 Å². The molecule has 18 heavy (non-hydrogen) atoms. The zero-order valence-corrected chi connectivity index (χ0v) is 12.4. The van der Waals surface area contributed by atoms with E-state index in [0.29, 0.717) is 22.8 Å². The molecule has 0 aliphatic carbocycles. The van der Waals surface area contributed by atoms with Crippen molar-refractivity contribution in [3.63, 3.8) is 0 Å². The predicted octanol–water partition coefficient (Wildman–Crippen LogP) is 2.42. The van der Waals surface area contributed by atoms with Crippen molar-refractivity contribution in [1.29, 1.82) is 0 Å². The van der Waals surface area contributed by atoms with Gasteiger partial charge in [-0.25, -0.2) is 8.42 Å². The molecule has 0 spiro atoms. The number of nitrogens with zero attached hydrogens (tertiary/aromatic N) is 1. The summed E-state index contributed by atoms with van der Waals surface area (Å²) in [5.41, 5.74) is 0.620. The van der Waals surface area contributed by atoms with Crippen molar-refractivity contribution in [2.75, 3.05) is 19.0 Å². The van der Waals surface area contributed by atoms with Crippen molar-refractivity contribution in [3.05, 3.63) is 36.0 Å². The van der Waals surface area contributed by atoms with Crippen LogP contribution in [0.3, 0.4) is 0 Å². The van der Waals surface area contributed by atoms with Crippen LogP contribution in [0.25, 0.3) is 5.76 Å². The molecule has 1 aromatic rings. The summed E-state index contributed by atoms with van der Waals surface area (Å²) in [6.07, 6.45) is 2.30. The lowest BCUT2D eigenvalue weighted by molar-refractivity contribution is 0.357. The molecule has 0 unspecified atom stereocenters. The van der Waals surface area contributed by atoms with Crippen molar-refractivity contribution in [3.8, 4) is 0 Å². The average molecular weight is 332 g/mol. The summed E-state index contributed by atoms with van der Waals surface area (Å²) in [5, 5.41) is 0.761. The number of halogens is 1. The maximum atomic E-state index is 12.4. The summed E-state index contributed by atoms with van der Waals surface area (Å²) < 4.78 is 31.4. The van der Waals surface area contributed by atoms with Crippen LogP contribution in [-0.2, 0) is 14.8 Å². The summed E-state index contributed by atoms with van der Waals surface area (Å²) in [7, 11) is -1.90. The summed E-state index contributed by atoms with van der Waals surface area (Å²) in [6.45, 7) is 0.439. The van der Waals surface area contributed by atoms with Crippen LogP contribution in [0, 0.1) is 0 Å². The van der Waals surface area contributed by atoms with Crippen LogP contribution in [0.1, 0.15) is 12.0 Å². The Balaban J connectivity index is 2.50. The molecule has 0 N–H and O–H groups in total. The van der Waals surface area contributed by atoms with Gasteiger partial charge in [-0.2, -0.15) is 0 Å². The van der Waals surface area contributed by atoms with Gasteiger partial charge in [-0.3, -0.25) is 4.31 Å². The summed E-state index contributed by atoms with van der Waals surface area (Å²) in [6, 6.07) is 6.88. The topological polar surface area (TPSA) is 46.6 Å². The highest BCUT2D eigenvalue weighted by atomic mass is 79.9. The molecule has 0 atom stereocenters. The third-order valence-electron chi connectivity index (χ3n) is 2.73. The first-order valence-corrected chi connectivity index (χ1v) is 8.10. The van der Waals surface area contributed by atoms with Gasteiger partial charge in [-0.15, -0.1) is 0 Å². The molecule has 0 bridgehead atoms. The molecule has 1 aromatic carbocycles. The van der Waals surface area contributed by atoms with E-state index in [1.54, 1.807) is 37.6 Å². The van der Waals surface area contributed by atoms with E-state index in [9.17, 15) is 8.42 Å². The highest BCUT2D eigenvalue weighted by molar-refractivity contribution is 9.09. The maximum absolute atomic E-state index is 12.4. The molecular weight excluding hydrogens is 318 g/mol. The third kappa shape index (κ3) is 2.27. The normalized spacial score (nSPS) is 17.0. The zero-order chi connectivity index (χ0) is 13.2. The number of hydrogen-bond acceptors (Lipinski definition) is 3. The van der Waals surface area contributed by atoms with Crippen LogP contribution in [0.2, 0.25) is 0 Å². The van der Waals surface area contributed by atoms with Crippen molar-refractivity contribution in [2.24, 2.45) is 0 Å². The number of ether oxygens (including phenoxy) is 1. The lowest BCUT2D eigenvalue weighted by atomic mass is 10.2. The smallest absolute Gasteiger partial charge is 0.264 e. The van der Waals surface area contributed by atoms with Crippen molar-refractivity contribution < 1.29 is 13.2 Å². The monoisotopic (exact) mass is 331 g/mol. The molecule has 4 nitrogen and oxygen atoms in total. The van der Waals surface area contributed by atoms with Gasteiger partial charge in [0.05, 0.1) is 18.2 Å². The van der Waals surface area contributed by atoms with E-state index < -0.39 is 10.0 Å². The molecule has 0 amide bonds. The molecule has 98 valence electrons. The fourth-order valence-corrected chi connectivity index (χ4v) is 3.66.